The fourth-order valence-electron chi connectivity index (χ4n) is 4.21. The van der Waals surface area contributed by atoms with Gasteiger partial charge >= 0.3 is 0 Å². The SMILES string of the molecule is CCC[NH+]1CCC(NC(=O)c2cn(-c3ccccc3)nc2-c2ccc(C)cc2)CC1. The van der Waals surface area contributed by atoms with Crippen LogP contribution in [0.3, 0.4) is 0 Å². The number of quaternary nitrogens is 1. The third-order valence-corrected chi connectivity index (χ3v) is 5.94. The van der Waals surface area contributed by atoms with Crippen molar-refractivity contribution in [3.63, 3.8) is 0 Å². The molecule has 0 unspecified atom stereocenters. The lowest BCUT2D eigenvalue weighted by atomic mass is 10.0. The Morgan fingerprint density at radius 3 is 2.47 bits per heavy atom. The van der Waals surface area contributed by atoms with Gasteiger partial charge in [-0.05, 0) is 25.5 Å². The predicted octanol–water partition coefficient (Wildman–Crippen LogP) is 3.03. The second-order valence-electron chi connectivity index (χ2n) is 8.29. The van der Waals surface area contributed by atoms with Crippen molar-refractivity contribution < 1.29 is 9.69 Å². The first-order valence-corrected chi connectivity index (χ1v) is 11.0. The van der Waals surface area contributed by atoms with E-state index in [9.17, 15) is 4.79 Å². The van der Waals surface area contributed by atoms with Gasteiger partial charge < -0.3 is 10.2 Å². The number of hydrogen-bond donors (Lipinski definition) is 2. The highest BCUT2D eigenvalue weighted by atomic mass is 16.1. The van der Waals surface area contributed by atoms with Gasteiger partial charge in [0.15, 0.2) is 0 Å². The van der Waals surface area contributed by atoms with E-state index < -0.39 is 0 Å². The molecule has 3 aromatic rings. The number of para-hydroxylation sites is 1. The van der Waals surface area contributed by atoms with Crippen LogP contribution in [-0.4, -0.2) is 41.4 Å². The zero-order chi connectivity index (χ0) is 20.9. The average Bonchev–Trinajstić information content (AvgIpc) is 3.22. The molecular weight excluding hydrogens is 372 g/mol. The monoisotopic (exact) mass is 403 g/mol. The first-order chi connectivity index (χ1) is 14.6. The standard InChI is InChI=1S/C25H30N4O/c1-3-15-28-16-13-21(14-17-28)26-25(30)23-18-29(22-7-5-4-6-8-22)27-24(23)20-11-9-19(2)10-12-20/h4-12,18,21H,3,13-17H2,1-2H3,(H,26,30)/p+1. The van der Waals surface area contributed by atoms with E-state index in [1.165, 1.54) is 18.5 Å². The Balaban J connectivity index is 1.58. The van der Waals surface area contributed by atoms with E-state index in [2.05, 4.69) is 31.3 Å². The third kappa shape index (κ3) is 4.62. The molecule has 1 aromatic heterocycles. The molecule has 30 heavy (non-hydrogen) atoms. The number of rotatable bonds is 6. The maximum Gasteiger partial charge on any atom is 0.255 e. The molecule has 0 spiro atoms. The molecule has 1 amide bonds. The molecule has 1 fully saturated rings. The average molecular weight is 404 g/mol. The highest BCUT2D eigenvalue weighted by molar-refractivity contribution is 6.00. The molecule has 156 valence electrons. The zero-order valence-electron chi connectivity index (χ0n) is 17.9. The van der Waals surface area contributed by atoms with E-state index in [0.717, 1.165) is 42.9 Å². The molecule has 1 aliphatic rings. The summed E-state index contributed by atoms with van der Waals surface area (Å²) in [4.78, 5) is 14.9. The molecular formula is C25H31N4O+. The maximum atomic E-state index is 13.3. The summed E-state index contributed by atoms with van der Waals surface area (Å²) >= 11 is 0. The van der Waals surface area contributed by atoms with Gasteiger partial charge in [-0.3, -0.25) is 4.79 Å². The minimum absolute atomic E-state index is 0.0308. The number of nitrogens with zero attached hydrogens (tertiary/aromatic N) is 2. The van der Waals surface area contributed by atoms with Gasteiger partial charge in [0.2, 0.25) is 0 Å². The van der Waals surface area contributed by atoms with Crippen molar-refractivity contribution in [2.75, 3.05) is 19.6 Å². The van der Waals surface area contributed by atoms with Crippen molar-refractivity contribution in [3.8, 4) is 16.9 Å². The lowest BCUT2D eigenvalue weighted by Crippen LogP contribution is -3.13. The van der Waals surface area contributed by atoms with E-state index in [0.29, 0.717) is 5.56 Å². The van der Waals surface area contributed by atoms with Crippen LogP contribution < -0.4 is 10.2 Å². The van der Waals surface area contributed by atoms with Gasteiger partial charge in [0.05, 0.1) is 30.9 Å². The Hall–Kier alpha value is -2.92. The topological polar surface area (TPSA) is 51.4 Å². The number of carbonyl (C=O) groups is 1. The number of likely N-dealkylation sites (tertiary alicyclic amines) is 1. The summed E-state index contributed by atoms with van der Waals surface area (Å²) in [6.45, 7) is 7.78. The zero-order valence-corrected chi connectivity index (χ0v) is 17.9. The van der Waals surface area contributed by atoms with Gasteiger partial charge in [-0.15, -0.1) is 0 Å². The van der Waals surface area contributed by atoms with Crippen LogP contribution in [0.25, 0.3) is 16.9 Å². The molecule has 1 aliphatic heterocycles. The molecule has 2 heterocycles. The second-order valence-corrected chi connectivity index (χ2v) is 8.29. The Morgan fingerprint density at radius 1 is 1.10 bits per heavy atom. The fraction of sp³-hybridized carbons (Fsp3) is 0.360. The van der Waals surface area contributed by atoms with E-state index in [1.54, 1.807) is 9.58 Å². The summed E-state index contributed by atoms with van der Waals surface area (Å²) in [5.41, 5.74) is 4.45. The number of benzene rings is 2. The molecule has 0 bridgehead atoms. The molecule has 5 heteroatoms. The molecule has 0 atom stereocenters. The largest absolute Gasteiger partial charge is 0.349 e. The molecule has 1 saturated heterocycles. The third-order valence-electron chi connectivity index (χ3n) is 5.94. The van der Waals surface area contributed by atoms with E-state index in [4.69, 9.17) is 5.10 Å². The Labute approximate surface area is 178 Å². The van der Waals surface area contributed by atoms with Crippen LogP contribution in [0.2, 0.25) is 0 Å². The second kappa shape index (κ2) is 9.26. The van der Waals surface area contributed by atoms with Crippen molar-refractivity contribution in [1.29, 1.82) is 0 Å². The quantitative estimate of drug-likeness (QED) is 0.665. The van der Waals surface area contributed by atoms with Gasteiger partial charge in [-0.25, -0.2) is 4.68 Å². The van der Waals surface area contributed by atoms with Crippen LogP contribution in [0.1, 0.15) is 42.1 Å². The highest BCUT2D eigenvalue weighted by Gasteiger charge is 2.25. The van der Waals surface area contributed by atoms with Gasteiger partial charge in [-0.1, -0.05) is 55.0 Å². The Kier molecular flexibility index (Phi) is 6.29. The predicted molar refractivity (Wildman–Crippen MR) is 120 cm³/mol. The number of piperidine rings is 1. The van der Waals surface area contributed by atoms with Crippen LogP contribution >= 0.6 is 0 Å². The van der Waals surface area contributed by atoms with E-state index >= 15 is 0 Å². The molecule has 0 aliphatic carbocycles. The molecule has 5 nitrogen and oxygen atoms in total. The first-order valence-electron chi connectivity index (χ1n) is 11.0. The molecule has 2 N–H and O–H groups in total. The van der Waals surface area contributed by atoms with E-state index in [1.807, 2.05) is 48.7 Å². The van der Waals surface area contributed by atoms with Crippen LogP contribution in [0.15, 0.2) is 60.8 Å². The fourth-order valence-corrected chi connectivity index (χ4v) is 4.21. The maximum absolute atomic E-state index is 13.3. The number of aromatic nitrogens is 2. The van der Waals surface area contributed by atoms with Crippen molar-refractivity contribution in [1.82, 2.24) is 15.1 Å². The minimum atomic E-state index is -0.0308. The normalized spacial score (nSPS) is 18.9. The Bertz CT molecular complexity index is 970. The molecule has 2 aromatic carbocycles. The number of aryl methyl sites for hydroxylation is 1. The van der Waals surface area contributed by atoms with Crippen molar-refractivity contribution in [2.45, 2.75) is 39.2 Å². The van der Waals surface area contributed by atoms with Gasteiger partial charge in [0.1, 0.15) is 5.69 Å². The van der Waals surface area contributed by atoms with Crippen molar-refractivity contribution in [3.05, 3.63) is 71.9 Å². The molecule has 4 rings (SSSR count). The first kappa shape index (κ1) is 20.4. The lowest BCUT2D eigenvalue weighted by Gasteiger charge is -2.29. The summed E-state index contributed by atoms with van der Waals surface area (Å²) < 4.78 is 1.80. The summed E-state index contributed by atoms with van der Waals surface area (Å²) in [6.07, 6.45) is 5.14. The summed E-state index contributed by atoms with van der Waals surface area (Å²) in [6, 6.07) is 18.4. The highest BCUT2D eigenvalue weighted by Crippen LogP contribution is 2.24. The number of nitrogens with one attached hydrogen (secondary N) is 2. The van der Waals surface area contributed by atoms with Crippen LogP contribution in [0.4, 0.5) is 0 Å². The van der Waals surface area contributed by atoms with Gasteiger partial charge in [0.25, 0.3) is 5.91 Å². The summed E-state index contributed by atoms with van der Waals surface area (Å²) in [5, 5.41) is 8.06. The van der Waals surface area contributed by atoms with Crippen molar-refractivity contribution >= 4 is 5.91 Å². The van der Waals surface area contributed by atoms with Crippen LogP contribution in [0, 0.1) is 6.92 Å². The molecule has 0 saturated carbocycles. The smallest absolute Gasteiger partial charge is 0.255 e. The van der Waals surface area contributed by atoms with E-state index in [-0.39, 0.29) is 11.9 Å². The lowest BCUT2D eigenvalue weighted by molar-refractivity contribution is -0.905. The summed E-state index contributed by atoms with van der Waals surface area (Å²) in [5.74, 6) is -0.0308. The minimum Gasteiger partial charge on any atom is -0.349 e. The van der Waals surface area contributed by atoms with Crippen LogP contribution in [0.5, 0.6) is 0 Å². The van der Waals surface area contributed by atoms with Gasteiger partial charge in [-0.2, -0.15) is 5.10 Å². The number of amides is 1. The Morgan fingerprint density at radius 2 is 1.80 bits per heavy atom. The summed E-state index contributed by atoms with van der Waals surface area (Å²) in [7, 11) is 0. The van der Waals surface area contributed by atoms with Gasteiger partial charge in [0, 0.05) is 30.6 Å². The number of carbonyl (C=O) groups excluding carboxylic acids is 1. The number of hydrogen-bond acceptors (Lipinski definition) is 2. The van der Waals surface area contributed by atoms with Crippen LogP contribution in [-0.2, 0) is 0 Å². The molecule has 0 radical (unpaired) electrons. The van der Waals surface area contributed by atoms with Crippen molar-refractivity contribution in [2.24, 2.45) is 0 Å².